The van der Waals surface area contributed by atoms with Gasteiger partial charge in [0, 0.05) is 34.3 Å². The van der Waals surface area contributed by atoms with Crippen LogP contribution in [-0.4, -0.2) is 22.4 Å². The van der Waals surface area contributed by atoms with Gasteiger partial charge in [0.05, 0.1) is 0 Å². The topological polar surface area (TPSA) is 37.4 Å². The number of benzene rings is 2. The molecule has 0 unspecified atom stereocenters. The summed E-state index contributed by atoms with van der Waals surface area (Å²) in [6, 6.07) is 16.5. The highest BCUT2D eigenvalue weighted by Crippen LogP contribution is 2.16. The van der Waals surface area contributed by atoms with Crippen molar-refractivity contribution in [3.05, 3.63) is 65.2 Å². The Balaban J connectivity index is 2.03. The number of anilines is 1. The molecule has 116 valence electrons. The van der Waals surface area contributed by atoms with Crippen LogP contribution in [0.2, 0.25) is 5.02 Å². The number of hydrogen-bond acceptors (Lipinski definition) is 2. The zero-order valence-corrected chi connectivity index (χ0v) is 14.1. The number of halogens is 1. The van der Waals surface area contributed by atoms with Crippen molar-refractivity contribution in [1.82, 2.24) is 0 Å². The maximum Gasteiger partial charge on any atom is 0.242 e. The highest BCUT2D eigenvalue weighted by atomic mass is 35.5. The van der Waals surface area contributed by atoms with E-state index < -0.39 is 16.0 Å². The molecule has 0 aromatic heterocycles. The first-order chi connectivity index (χ1) is 10.5. The van der Waals surface area contributed by atoms with Gasteiger partial charge in [0.15, 0.2) is 0 Å². The second kappa shape index (κ2) is 7.56. The van der Waals surface area contributed by atoms with Crippen molar-refractivity contribution >= 4 is 34.0 Å². The number of nitrogens with zero attached hydrogens (tertiary/aromatic N) is 1. The standard InChI is InChI=1S/C17H18ClNO2S/c1-13(17(20)19(2)16-6-4-3-5-7-16)22(21)12-14-8-10-15(18)11-9-14/h3-11,13H,12H2,1-2H3/t13-,22-/m1/s1. The maximum atomic E-state index is 12.4. The molecular formula is C17H18ClNO2S. The van der Waals surface area contributed by atoms with Gasteiger partial charge in [0.1, 0.15) is 5.25 Å². The first kappa shape index (κ1) is 16.7. The van der Waals surface area contributed by atoms with Crippen LogP contribution >= 0.6 is 11.6 Å². The molecule has 2 atom stereocenters. The van der Waals surface area contributed by atoms with Gasteiger partial charge in [-0.25, -0.2) is 0 Å². The summed E-state index contributed by atoms with van der Waals surface area (Å²) in [5.74, 6) is 0.186. The lowest BCUT2D eigenvalue weighted by Gasteiger charge is -2.21. The molecule has 0 aliphatic carbocycles. The van der Waals surface area contributed by atoms with Gasteiger partial charge in [-0.2, -0.15) is 0 Å². The fraction of sp³-hybridized carbons (Fsp3) is 0.235. The summed E-state index contributed by atoms with van der Waals surface area (Å²) in [7, 11) is 0.421. The van der Waals surface area contributed by atoms with Crippen LogP contribution in [0.4, 0.5) is 5.69 Å². The van der Waals surface area contributed by atoms with Crippen molar-refractivity contribution in [2.45, 2.75) is 17.9 Å². The van der Waals surface area contributed by atoms with Crippen molar-refractivity contribution in [3.63, 3.8) is 0 Å². The van der Waals surface area contributed by atoms with Crippen molar-refractivity contribution in [3.8, 4) is 0 Å². The van der Waals surface area contributed by atoms with Crippen molar-refractivity contribution < 1.29 is 9.00 Å². The molecule has 0 radical (unpaired) electrons. The van der Waals surface area contributed by atoms with Crippen molar-refractivity contribution in [2.75, 3.05) is 11.9 Å². The van der Waals surface area contributed by atoms with Gasteiger partial charge >= 0.3 is 0 Å². The molecule has 1 amide bonds. The second-order valence-corrected chi connectivity index (χ2v) is 7.22. The van der Waals surface area contributed by atoms with Crippen LogP contribution in [0.25, 0.3) is 0 Å². The van der Waals surface area contributed by atoms with E-state index in [9.17, 15) is 9.00 Å². The monoisotopic (exact) mass is 335 g/mol. The van der Waals surface area contributed by atoms with E-state index in [1.165, 1.54) is 0 Å². The Kier molecular flexibility index (Phi) is 5.75. The largest absolute Gasteiger partial charge is 0.314 e. The molecule has 2 rings (SSSR count). The van der Waals surface area contributed by atoms with E-state index >= 15 is 0 Å². The maximum absolute atomic E-state index is 12.4. The Hall–Kier alpha value is -1.65. The third kappa shape index (κ3) is 4.18. The normalized spacial score (nSPS) is 13.4. The lowest BCUT2D eigenvalue weighted by Crippen LogP contribution is -2.37. The van der Waals surface area contributed by atoms with Crippen LogP contribution in [0.15, 0.2) is 54.6 Å². The van der Waals surface area contributed by atoms with Gasteiger partial charge < -0.3 is 4.90 Å². The molecule has 2 aromatic carbocycles. The molecule has 0 fully saturated rings. The Morgan fingerprint density at radius 2 is 1.73 bits per heavy atom. The summed E-state index contributed by atoms with van der Waals surface area (Å²) in [5.41, 5.74) is 1.70. The number of para-hydroxylation sites is 1. The Morgan fingerprint density at radius 1 is 1.14 bits per heavy atom. The fourth-order valence-corrected chi connectivity index (χ4v) is 3.31. The number of carbonyl (C=O) groups excluding carboxylic acids is 1. The minimum atomic E-state index is -1.28. The summed E-state index contributed by atoms with van der Waals surface area (Å²) < 4.78 is 12.4. The first-order valence-electron chi connectivity index (χ1n) is 6.93. The quantitative estimate of drug-likeness (QED) is 0.836. The molecule has 3 nitrogen and oxygen atoms in total. The summed E-state index contributed by atoms with van der Waals surface area (Å²) >= 11 is 5.83. The molecule has 0 heterocycles. The van der Waals surface area contributed by atoms with E-state index in [-0.39, 0.29) is 5.91 Å². The number of rotatable bonds is 5. The second-order valence-electron chi connectivity index (χ2n) is 5.03. The molecule has 0 spiro atoms. The van der Waals surface area contributed by atoms with Crippen LogP contribution < -0.4 is 4.90 Å². The summed E-state index contributed by atoms with van der Waals surface area (Å²) in [6.45, 7) is 1.70. The average Bonchev–Trinajstić information content (AvgIpc) is 2.55. The van der Waals surface area contributed by atoms with Gasteiger partial charge in [-0.15, -0.1) is 0 Å². The van der Waals surface area contributed by atoms with Gasteiger partial charge in [-0.05, 0) is 36.8 Å². The Labute approximate surface area is 138 Å². The molecule has 22 heavy (non-hydrogen) atoms. The predicted molar refractivity (Wildman–Crippen MR) is 92.6 cm³/mol. The molecule has 5 heteroatoms. The lowest BCUT2D eigenvalue weighted by atomic mass is 10.2. The van der Waals surface area contributed by atoms with Crippen LogP contribution in [0.3, 0.4) is 0 Å². The minimum Gasteiger partial charge on any atom is -0.314 e. The molecule has 0 saturated heterocycles. The zero-order chi connectivity index (χ0) is 16.1. The zero-order valence-electron chi connectivity index (χ0n) is 12.5. The Bertz CT molecular complexity index is 658. The third-order valence-corrected chi connectivity index (χ3v) is 5.30. The van der Waals surface area contributed by atoms with Gasteiger partial charge in [-0.1, -0.05) is 41.9 Å². The van der Waals surface area contributed by atoms with Gasteiger partial charge in [0.25, 0.3) is 0 Å². The molecule has 0 bridgehead atoms. The summed E-state index contributed by atoms with van der Waals surface area (Å²) in [4.78, 5) is 14.0. The van der Waals surface area contributed by atoms with Gasteiger partial charge in [0.2, 0.25) is 5.91 Å². The minimum absolute atomic E-state index is 0.154. The van der Waals surface area contributed by atoms with E-state index in [1.54, 1.807) is 31.0 Å². The smallest absolute Gasteiger partial charge is 0.242 e. The first-order valence-corrected chi connectivity index (χ1v) is 8.69. The van der Waals surface area contributed by atoms with Gasteiger partial charge in [-0.3, -0.25) is 9.00 Å². The number of carbonyl (C=O) groups is 1. The van der Waals surface area contributed by atoms with E-state index in [2.05, 4.69) is 0 Å². The van der Waals surface area contributed by atoms with Crippen LogP contribution in [0.1, 0.15) is 12.5 Å². The molecular weight excluding hydrogens is 318 g/mol. The lowest BCUT2D eigenvalue weighted by molar-refractivity contribution is -0.117. The van der Waals surface area contributed by atoms with E-state index in [4.69, 9.17) is 11.6 Å². The van der Waals surface area contributed by atoms with Crippen LogP contribution in [0, 0.1) is 0 Å². The number of hydrogen-bond donors (Lipinski definition) is 0. The van der Waals surface area contributed by atoms with Crippen LogP contribution in [0.5, 0.6) is 0 Å². The Morgan fingerprint density at radius 3 is 2.32 bits per heavy atom. The van der Waals surface area contributed by atoms with E-state index in [0.29, 0.717) is 10.8 Å². The number of amides is 1. The molecule has 0 saturated carbocycles. The SMILES string of the molecule is C[C@H](C(=O)N(C)c1ccccc1)[S@](=O)Cc1ccc(Cl)cc1. The molecule has 0 N–H and O–H groups in total. The molecule has 0 aliphatic heterocycles. The van der Waals surface area contributed by atoms with Crippen molar-refractivity contribution in [1.29, 1.82) is 0 Å². The highest BCUT2D eigenvalue weighted by molar-refractivity contribution is 7.85. The fourth-order valence-electron chi connectivity index (χ4n) is 2.03. The summed E-state index contributed by atoms with van der Waals surface area (Å²) in [6.07, 6.45) is 0. The molecule has 0 aliphatic rings. The van der Waals surface area contributed by atoms with Crippen molar-refractivity contribution in [2.24, 2.45) is 0 Å². The average molecular weight is 336 g/mol. The highest BCUT2D eigenvalue weighted by Gasteiger charge is 2.24. The van der Waals surface area contributed by atoms with Crippen LogP contribution in [-0.2, 0) is 21.3 Å². The predicted octanol–water partition coefficient (Wildman–Crippen LogP) is 3.64. The van der Waals surface area contributed by atoms with E-state index in [0.717, 1.165) is 11.3 Å². The third-order valence-electron chi connectivity index (χ3n) is 3.44. The van der Waals surface area contributed by atoms with E-state index in [1.807, 2.05) is 42.5 Å². The summed E-state index contributed by atoms with van der Waals surface area (Å²) in [5, 5.41) is 0.0725. The molecule has 2 aromatic rings.